The Balaban J connectivity index is 1.67. The number of nitrogens with one attached hydrogen (secondary N) is 1. The topological polar surface area (TPSA) is 102 Å². The summed E-state index contributed by atoms with van der Waals surface area (Å²) in [5.74, 6) is -0.295. The largest absolute Gasteiger partial charge is 0.480 e. The van der Waals surface area contributed by atoms with Crippen molar-refractivity contribution in [2.45, 2.75) is 6.54 Å². The molecule has 0 spiro atoms. The van der Waals surface area contributed by atoms with Gasteiger partial charge in [0, 0.05) is 56.7 Å². The summed E-state index contributed by atoms with van der Waals surface area (Å²) < 4.78 is 0. The quantitative estimate of drug-likeness (QED) is 0.798. The van der Waals surface area contributed by atoms with Gasteiger partial charge in [-0.1, -0.05) is 0 Å². The highest BCUT2D eigenvalue weighted by atomic mass is 16.4. The zero-order chi connectivity index (χ0) is 16.9. The molecule has 0 atom stereocenters. The van der Waals surface area contributed by atoms with Crippen molar-refractivity contribution in [3.05, 3.63) is 46.6 Å². The number of carboxylic acid groups (broad SMARTS) is 1. The number of H-pyrrole nitrogens is 1. The maximum absolute atomic E-state index is 11.9. The second kappa shape index (κ2) is 7.33. The molecular weight excluding hydrogens is 310 g/mol. The van der Waals surface area contributed by atoms with E-state index in [1.165, 1.54) is 6.07 Å². The highest BCUT2D eigenvalue weighted by Crippen LogP contribution is 2.12. The van der Waals surface area contributed by atoms with Crippen LogP contribution < -0.4 is 5.56 Å². The molecule has 0 aliphatic carbocycles. The van der Waals surface area contributed by atoms with Gasteiger partial charge in [-0.25, -0.2) is 4.98 Å². The molecule has 126 valence electrons. The van der Waals surface area contributed by atoms with Gasteiger partial charge in [-0.2, -0.15) is 0 Å². The Morgan fingerprint density at radius 1 is 1.25 bits per heavy atom. The number of aliphatic carboxylic acids is 1. The van der Waals surface area contributed by atoms with Crippen LogP contribution in [-0.4, -0.2) is 68.6 Å². The fourth-order valence-electron chi connectivity index (χ4n) is 2.75. The van der Waals surface area contributed by atoms with E-state index in [2.05, 4.69) is 19.9 Å². The molecule has 2 aromatic rings. The van der Waals surface area contributed by atoms with Crippen molar-refractivity contribution < 1.29 is 9.90 Å². The van der Waals surface area contributed by atoms with Crippen molar-refractivity contribution in [3.8, 4) is 11.4 Å². The molecule has 3 rings (SSSR count). The fourth-order valence-corrected chi connectivity index (χ4v) is 2.75. The van der Waals surface area contributed by atoms with Gasteiger partial charge in [-0.15, -0.1) is 0 Å². The molecule has 1 fully saturated rings. The second-order valence-corrected chi connectivity index (χ2v) is 5.77. The van der Waals surface area contributed by atoms with E-state index in [-0.39, 0.29) is 12.1 Å². The molecule has 1 saturated heterocycles. The molecule has 0 aromatic carbocycles. The third kappa shape index (κ3) is 4.24. The minimum absolute atomic E-state index is 0.0717. The van der Waals surface area contributed by atoms with E-state index in [0.717, 1.165) is 18.7 Å². The first-order chi connectivity index (χ1) is 11.6. The van der Waals surface area contributed by atoms with Crippen molar-refractivity contribution in [2.75, 3.05) is 32.7 Å². The molecular formula is C16H19N5O3. The zero-order valence-corrected chi connectivity index (χ0v) is 13.2. The summed E-state index contributed by atoms with van der Waals surface area (Å²) in [6, 6.07) is 5.15. The minimum Gasteiger partial charge on any atom is -0.480 e. The van der Waals surface area contributed by atoms with E-state index in [4.69, 9.17) is 5.11 Å². The predicted octanol–water partition coefficient (Wildman–Crippen LogP) is 0.0341. The van der Waals surface area contributed by atoms with Gasteiger partial charge in [0.2, 0.25) is 0 Å². The van der Waals surface area contributed by atoms with E-state index in [1.807, 2.05) is 11.0 Å². The Bertz CT molecular complexity index is 754. The molecule has 0 radical (unpaired) electrons. The van der Waals surface area contributed by atoms with Crippen molar-refractivity contribution >= 4 is 5.97 Å². The van der Waals surface area contributed by atoms with Crippen LogP contribution in [0.25, 0.3) is 11.4 Å². The summed E-state index contributed by atoms with van der Waals surface area (Å²) in [7, 11) is 0. The van der Waals surface area contributed by atoms with Gasteiger partial charge in [0.1, 0.15) is 5.82 Å². The molecule has 0 unspecified atom stereocenters. The van der Waals surface area contributed by atoms with Gasteiger partial charge in [0.25, 0.3) is 5.56 Å². The van der Waals surface area contributed by atoms with Gasteiger partial charge in [-0.3, -0.25) is 24.4 Å². The number of hydrogen-bond acceptors (Lipinski definition) is 6. The van der Waals surface area contributed by atoms with E-state index in [1.54, 1.807) is 18.5 Å². The Labute approximate surface area is 138 Å². The Morgan fingerprint density at radius 3 is 2.67 bits per heavy atom. The first kappa shape index (κ1) is 16.3. The fraction of sp³-hybridized carbons (Fsp3) is 0.375. The SMILES string of the molecule is O=C(O)CN1CCN(Cc2cc(=O)[nH]c(-c3cccnc3)n2)CC1. The normalized spacial score (nSPS) is 16.2. The van der Waals surface area contributed by atoms with Crippen LogP contribution in [-0.2, 0) is 11.3 Å². The van der Waals surface area contributed by atoms with Crippen molar-refractivity contribution in [3.63, 3.8) is 0 Å². The molecule has 3 heterocycles. The molecule has 0 amide bonds. The van der Waals surface area contributed by atoms with Crippen molar-refractivity contribution in [2.24, 2.45) is 0 Å². The summed E-state index contributed by atoms with van der Waals surface area (Å²) in [5, 5.41) is 8.83. The van der Waals surface area contributed by atoms with Gasteiger partial charge in [0.05, 0.1) is 12.2 Å². The smallest absolute Gasteiger partial charge is 0.317 e. The minimum atomic E-state index is -0.805. The summed E-state index contributed by atoms with van der Waals surface area (Å²) in [5.41, 5.74) is 1.27. The summed E-state index contributed by atoms with van der Waals surface area (Å²) in [4.78, 5) is 38.0. The van der Waals surface area contributed by atoms with Crippen LogP contribution in [0.4, 0.5) is 0 Å². The third-order valence-electron chi connectivity index (χ3n) is 3.94. The van der Waals surface area contributed by atoms with Crippen LogP contribution in [0, 0.1) is 0 Å². The van der Waals surface area contributed by atoms with E-state index >= 15 is 0 Å². The first-order valence-corrected chi connectivity index (χ1v) is 7.77. The number of piperazine rings is 1. The molecule has 1 aliphatic heterocycles. The van der Waals surface area contributed by atoms with Crippen LogP contribution in [0.3, 0.4) is 0 Å². The standard InChI is InChI=1S/C16H19N5O3/c22-14-8-13(18-16(19-14)12-2-1-3-17-9-12)10-20-4-6-21(7-5-20)11-15(23)24/h1-3,8-9H,4-7,10-11H2,(H,23,24)(H,18,19,22). The van der Waals surface area contributed by atoms with E-state index in [9.17, 15) is 9.59 Å². The lowest BCUT2D eigenvalue weighted by Crippen LogP contribution is -2.47. The highest BCUT2D eigenvalue weighted by Gasteiger charge is 2.19. The van der Waals surface area contributed by atoms with Gasteiger partial charge in [-0.05, 0) is 12.1 Å². The molecule has 8 heteroatoms. The number of carboxylic acids is 1. The highest BCUT2D eigenvalue weighted by molar-refractivity contribution is 5.69. The van der Waals surface area contributed by atoms with Crippen LogP contribution in [0.5, 0.6) is 0 Å². The van der Waals surface area contributed by atoms with Gasteiger partial charge >= 0.3 is 5.97 Å². The average Bonchev–Trinajstić information content (AvgIpc) is 2.56. The monoisotopic (exact) mass is 329 g/mol. The number of carbonyl (C=O) groups is 1. The number of nitrogens with zero attached hydrogens (tertiary/aromatic N) is 4. The summed E-state index contributed by atoms with van der Waals surface area (Å²) >= 11 is 0. The molecule has 2 N–H and O–H groups in total. The van der Waals surface area contributed by atoms with Crippen molar-refractivity contribution in [1.29, 1.82) is 0 Å². The van der Waals surface area contributed by atoms with Crippen LogP contribution in [0.1, 0.15) is 5.69 Å². The second-order valence-electron chi connectivity index (χ2n) is 5.77. The maximum atomic E-state index is 11.9. The maximum Gasteiger partial charge on any atom is 0.317 e. The zero-order valence-electron chi connectivity index (χ0n) is 13.2. The first-order valence-electron chi connectivity index (χ1n) is 7.77. The van der Waals surface area contributed by atoms with Crippen LogP contribution in [0.2, 0.25) is 0 Å². The average molecular weight is 329 g/mol. The third-order valence-corrected chi connectivity index (χ3v) is 3.94. The molecule has 0 bridgehead atoms. The molecule has 0 saturated carbocycles. The lowest BCUT2D eigenvalue weighted by atomic mass is 10.2. The van der Waals surface area contributed by atoms with Gasteiger partial charge in [0.15, 0.2) is 0 Å². The van der Waals surface area contributed by atoms with E-state index in [0.29, 0.717) is 31.2 Å². The number of hydrogen-bond donors (Lipinski definition) is 2. The Morgan fingerprint density at radius 2 is 2.00 bits per heavy atom. The number of aromatic nitrogens is 3. The molecule has 1 aliphatic rings. The van der Waals surface area contributed by atoms with Crippen molar-refractivity contribution in [1.82, 2.24) is 24.8 Å². The summed E-state index contributed by atoms with van der Waals surface area (Å²) in [6.45, 7) is 3.55. The Kier molecular flexibility index (Phi) is 4.97. The van der Waals surface area contributed by atoms with E-state index < -0.39 is 5.97 Å². The number of rotatable bonds is 5. The lowest BCUT2D eigenvalue weighted by Gasteiger charge is -2.33. The molecule has 8 nitrogen and oxygen atoms in total. The van der Waals surface area contributed by atoms with Crippen LogP contribution >= 0.6 is 0 Å². The summed E-state index contributed by atoms with van der Waals surface area (Å²) in [6.07, 6.45) is 3.33. The number of aromatic amines is 1. The van der Waals surface area contributed by atoms with Crippen LogP contribution in [0.15, 0.2) is 35.4 Å². The predicted molar refractivity (Wildman–Crippen MR) is 87.4 cm³/mol. The number of pyridine rings is 1. The van der Waals surface area contributed by atoms with Gasteiger partial charge < -0.3 is 10.1 Å². The molecule has 2 aromatic heterocycles. The Hall–Kier alpha value is -2.58. The lowest BCUT2D eigenvalue weighted by molar-refractivity contribution is -0.138. The molecule has 24 heavy (non-hydrogen) atoms.